The van der Waals surface area contributed by atoms with Crippen molar-refractivity contribution in [3.63, 3.8) is 0 Å². The lowest BCUT2D eigenvalue weighted by molar-refractivity contribution is 0.0785. The summed E-state index contributed by atoms with van der Waals surface area (Å²) in [5.74, 6) is 0.0239. The summed E-state index contributed by atoms with van der Waals surface area (Å²) in [5, 5.41) is 7.27. The molecule has 0 bridgehead atoms. The van der Waals surface area contributed by atoms with Gasteiger partial charge >= 0.3 is 0 Å². The third-order valence-electron chi connectivity index (χ3n) is 2.77. The predicted molar refractivity (Wildman–Crippen MR) is 63.6 cm³/mol. The fourth-order valence-corrected chi connectivity index (χ4v) is 1.62. The summed E-state index contributed by atoms with van der Waals surface area (Å²) in [7, 11) is 5.48. The van der Waals surface area contributed by atoms with Gasteiger partial charge in [-0.3, -0.25) is 9.48 Å². The number of nitrogens with one attached hydrogen (secondary N) is 1. The van der Waals surface area contributed by atoms with Crippen LogP contribution in [0.3, 0.4) is 0 Å². The Balaban J connectivity index is 2.87. The van der Waals surface area contributed by atoms with E-state index in [2.05, 4.69) is 10.4 Å². The van der Waals surface area contributed by atoms with Gasteiger partial charge in [0.25, 0.3) is 5.91 Å². The number of hydrogen-bond donors (Lipinski definition) is 1. The van der Waals surface area contributed by atoms with E-state index < -0.39 is 0 Å². The lowest BCUT2D eigenvalue weighted by Gasteiger charge is -2.17. The van der Waals surface area contributed by atoms with E-state index in [9.17, 15) is 4.79 Å². The van der Waals surface area contributed by atoms with Gasteiger partial charge in [-0.25, -0.2) is 0 Å². The topological polar surface area (TPSA) is 50.2 Å². The molecule has 0 saturated heterocycles. The maximum absolute atomic E-state index is 12.1. The molecular formula is C11H20N4O. The summed E-state index contributed by atoms with van der Waals surface area (Å²) in [4.78, 5) is 13.9. The van der Waals surface area contributed by atoms with Crippen molar-refractivity contribution in [3.05, 3.63) is 17.0 Å². The molecule has 0 atom stereocenters. The summed E-state index contributed by atoms with van der Waals surface area (Å²) in [6, 6.07) is 0. The van der Waals surface area contributed by atoms with Gasteiger partial charge in [-0.1, -0.05) is 0 Å². The maximum Gasteiger partial charge on any atom is 0.272 e. The molecule has 1 N–H and O–H groups in total. The standard InChI is InChI=1S/C11H20N4O/c1-8-9(2)13-15(5)10(8)11(16)14(4)7-6-12-3/h12H,6-7H2,1-5H3. The van der Waals surface area contributed by atoms with Crippen LogP contribution in [0.5, 0.6) is 0 Å². The van der Waals surface area contributed by atoms with Crippen LogP contribution < -0.4 is 5.32 Å². The Morgan fingerprint density at radius 1 is 1.50 bits per heavy atom. The van der Waals surface area contributed by atoms with Crippen molar-refractivity contribution in [3.8, 4) is 0 Å². The minimum absolute atomic E-state index is 0.0239. The first-order chi connectivity index (χ1) is 7.49. The monoisotopic (exact) mass is 224 g/mol. The molecule has 1 aromatic rings. The van der Waals surface area contributed by atoms with Crippen LogP contribution in [0.1, 0.15) is 21.7 Å². The van der Waals surface area contributed by atoms with Crippen molar-refractivity contribution in [2.45, 2.75) is 13.8 Å². The van der Waals surface area contributed by atoms with Crippen LogP contribution in [0.2, 0.25) is 0 Å². The van der Waals surface area contributed by atoms with Gasteiger partial charge in [0.2, 0.25) is 0 Å². The van der Waals surface area contributed by atoms with Crippen LogP contribution >= 0.6 is 0 Å². The normalized spacial score (nSPS) is 10.6. The van der Waals surface area contributed by atoms with Gasteiger partial charge in [0.1, 0.15) is 5.69 Å². The Kier molecular flexibility index (Phi) is 4.06. The number of carbonyl (C=O) groups is 1. The van der Waals surface area contributed by atoms with E-state index in [1.165, 1.54) is 0 Å². The average molecular weight is 224 g/mol. The van der Waals surface area contributed by atoms with Crippen molar-refractivity contribution in [2.75, 3.05) is 27.2 Å². The number of aryl methyl sites for hydroxylation is 2. The van der Waals surface area contributed by atoms with E-state index in [1.807, 2.05) is 20.9 Å². The Labute approximate surface area is 96.4 Å². The van der Waals surface area contributed by atoms with Gasteiger partial charge in [-0.05, 0) is 20.9 Å². The highest BCUT2D eigenvalue weighted by atomic mass is 16.2. The van der Waals surface area contributed by atoms with Crippen LogP contribution in [0.4, 0.5) is 0 Å². The summed E-state index contributed by atoms with van der Waals surface area (Å²) in [6.07, 6.45) is 0. The van der Waals surface area contributed by atoms with Gasteiger partial charge in [0.05, 0.1) is 5.69 Å². The minimum atomic E-state index is 0.0239. The van der Waals surface area contributed by atoms with Crippen LogP contribution in [0, 0.1) is 13.8 Å². The second-order valence-electron chi connectivity index (χ2n) is 4.01. The molecule has 0 fully saturated rings. The number of carbonyl (C=O) groups excluding carboxylic acids is 1. The molecule has 0 saturated carbocycles. The molecule has 0 radical (unpaired) electrons. The smallest absolute Gasteiger partial charge is 0.272 e. The molecule has 1 heterocycles. The third kappa shape index (κ3) is 2.41. The Morgan fingerprint density at radius 3 is 2.56 bits per heavy atom. The van der Waals surface area contributed by atoms with Crippen LogP contribution in [0.25, 0.3) is 0 Å². The summed E-state index contributed by atoms with van der Waals surface area (Å²) in [5.41, 5.74) is 2.55. The van der Waals surface area contributed by atoms with Crippen LogP contribution in [0.15, 0.2) is 0 Å². The second-order valence-corrected chi connectivity index (χ2v) is 4.01. The molecule has 0 unspecified atom stereocenters. The maximum atomic E-state index is 12.1. The van der Waals surface area contributed by atoms with Crippen molar-refractivity contribution in [2.24, 2.45) is 7.05 Å². The van der Waals surface area contributed by atoms with Crippen molar-refractivity contribution in [1.82, 2.24) is 20.0 Å². The molecule has 0 aliphatic heterocycles. The molecule has 0 aliphatic rings. The SMILES string of the molecule is CNCCN(C)C(=O)c1c(C)c(C)nn1C. The van der Waals surface area contributed by atoms with E-state index in [-0.39, 0.29) is 5.91 Å². The lowest BCUT2D eigenvalue weighted by Crippen LogP contribution is -2.34. The van der Waals surface area contributed by atoms with E-state index in [0.29, 0.717) is 12.2 Å². The zero-order valence-electron chi connectivity index (χ0n) is 10.7. The Morgan fingerprint density at radius 2 is 2.12 bits per heavy atom. The van der Waals surface area contributed by atoms with E-state index in [1.54, 1.807) is 23.7 Å². The van der Waals surface area contributed by atoms with Gasteiger partial charge in [-0.15, -0.1) is 0 Å². The lowest BCUT2D eigenvalue weighted by atomic mass is 10.2. The molecule has 5 heteroatoms. The molecule has 5 nitrogen and oxygen atoms in total. The fraction of sp³-hybridized carbons (Fsp3) is 0.636. The highest BCUT2D eigenvalue weighted by Gasteiger charge is 2.19. The Bertz CT molecular complexity index is 384. The molecule has 0 aromatic carbocycles. The number of aromatic nitrogens is 2. The molecule has 0 aliphatic carbocycles. The van der Waals surface area contributed by atoms with E-state index in [0.717, 1.165) is 17.8 Å². The molecule has 0 spiro atoms. The molecule has 1 rings (SSSR count). The third-order valence-corrected chi connectivity index (χ3v) is 2.77. The van der Waals surface area contributed by atoms with Crippen LogP contribution in [-0.2, 0) is 7.05 Å². The molecule has 1 aromatic heterocycles. The Hall–Kier alpha value is -1.36. The number of likely N-dealkylation sites (N-methyl/N-ethyl adjacent to an activating group) is 2. The zero-order valence-corrected chi connectivity index (χ0v) is 10.7. The highest BCUT2D eigenvalue weighted by Crippen LogP contribution is 2.12. The van der Waals surface area contributed by atoms with Gasteiger partial charge in [-0.2, -0.15) is 5.10 Å². The summed E-state index contributed by atoms with van der Waals surface area (Å²) in [6.45, 7) is 5.33. The zero-order chi connectivity index (χ0) is 12.3. The highest BCUT2D eigenvalue weighted by molar-refractivity contribution is 5.94. The number of rotatable bonds is 4. The van der Waals surface area contributed by atoms with Crippen molar-refractivity contribution < 1.29 is 4.79 Å². The van der Waals surface area contributed by atoms with Gasteiger partial charge < -0.3 is 10.2 Å². The fourth-order valence-electron chi connectivity index (χ4n) is 1.62. The second kappa shape index (κ2) is 5.12. The van der Waals surface area contributed by atoms with Crippen LogP contribution in [-0.4, -0.2) is 47.8 Å². The first kappa shape index (κ1) is 12.7. The van der Waals surface area contributed by atoms with E-state index in [4.69, 9.17) is 0 Å². The average Bonchev–Trinajstić information content (AvgIpc) is 2.49. The summed E-state index contributed by atoms with van der Waals surface area (Å²) >= 11 is 0. The largest absolute Gasteiger partial charge is 0.339 e. The first-order valence-corrected chi connectivity index (χ1v) is 5.39. The molecule has 16 heavy (non-hydrogen) atoms. The van der Waals surface area contributed by atoms with Gasteiger partial charge in [0, 0.05) is 32.7 Å². The van der Waals surface area contributed by atoms with Gasteiger partial charge in [0.15, 0.2) is 0 Å². The van der Waals surface area contributed by atoms with E-state index >= 15 is 0 Å². The van der Waals surface area contributed by atoms with Crippen molar-refractivity contribution >= 4 is 5.91 Å². The molecule has 90 valence electrons. The molecule has 1 amide bonds. The van der Waals surface area contributed by atoms with Crippen molar-refractivity contribution in [1.29, 1.82) is 0 Å². The first-order valence-electron chi connectivity index (χ1n) is 5.39. The molecular weight excluding hydrogens is 204 g/mol. The minimum Gasteiger partial charge on any atom is -0.339 e. The number of hydrogen-bond acceptors (Lipinski definition) is 3. The number of amides is 1. The number of nitrogens with zero attached hydrogens (tertiary/aromatic N) is 3. The quantitative estimate of drug-likeness (QED) is 0.801. The predicted octanol–water partition coefficient (Wildman–Crippen LogP) is 0.328. The summed E-state index contributed by atoms with van der Waals surface area (Å²) < 4.78 is 1.66.